The monoisotopic (exact) mass is 274 g/mol. The van der Waals surface area contributed by atoms with Gasteiger partial charge in [0.25, 0.3) is 0 Å². The van der Waals surface area contributed by atoms with Crippen molar-refractivity contribution in [2.24, 2.45) is 0 Å². The quantitative estimate of drug-likeness (QED) is 0.798. The van der Waals surface area contributed by atoms with E-state index in [1.807, 2.05) is 19.2 Å². The Hall–Kier alpha value is -0.280. The third-order valence-corrected chi connectivity index (χ3v) is 3.57. The first kappa shape index (κ1) is 14.8. The van der Waals surface area contributed by atoms with Crippen molar-refractivity contribution in [1.82, 2.24) is 10.2 Å². The van der Waals surface area contributed by atoms with Crippen LogP contribution in [-0.4, -0.2) is 32.1 Å². The summed E-state index contributed by atoms with van der Waals surface area (Å²) in [5.74, 6) is 0. The van der Waals surface area contributed by atoms with E-state index in [9.17, 15) is 0 Å². The Morgan fingerprint density at radius 1 is 1.35 bits per heavy atom. The number of hydrogen-bond acceptors (Lipinski definition) is 2. The predicted molar refractivity (Wildman–Crippen MR) is 76.1 cm³/mol. The van der Waals surface area contributed by atoms with Gasteiger partial charge >= 0.3 is 0 Å². The molecule has 17 heavy (non-hydrogen) atoms. The molecule has 0 aliphatic heterocycles. The Labute approximate surface area is 114 Å². The van der Waals surface area contributed by atoms with E-state index >= 15 is 0 Å². The normalized spacial score (nSPS) is 13.1. The maximum atomic E-state index is 6.21. The van der Waals surface area contributed by atoms with Crippen LogP contribution in [0.1, 0.15) is 24.9 Å². The van der Waals surface area contributed by atoms with Crippen LogP contribution in [-0.2, 0) is 0 Å². The van der Waals surface area contributed by atoms with Crippen LogP contribution in [0.5, 0.6) is 0 Å². The second-order valence-corrected chi connectivity index (χ2v) is 5.12. The van der Waals surface area contributed by atoms with Crippen molar-refractivity contribution in [3.05, 3.63) is 33.8 Å². The summed E-state index contributed by atoms with van der Waals surface area (Å²) in [6.45, 7) is 4.24. The Bertz CT molecular complexity index is 355. The number of nitrogens with zero attached hydrogens (tertiary/aromatic N) is 1. The van der Waals surface area contributed by atoms with E-state index < -0.39 is 0 Å². The van der Waals surface area contributed by atoms with Crippen molar-refractivity contribution in [2.75, 3.05) is 27.2 Å². The van der Waals surface area contributed by atoms with Crippen LogP contribution in [0.3, 0.4) is 0 Å². The third kappa shape index (κ3) is 4.47. The molecule has 2 nitrogen and oxygen atoms in total. The standard InChI is InChI=1S/C13H20Cl2N2/c1-10(17(3)8-4-7-16-2)12-6-5-11(14)9-13(12)15/h5-6,9-10,16H,4,7-8H2,1-3H3. The molecular formula is C13H20Cl2N2. The molecule has 1 aromatic carbocycles. The van der Waals surface area contributed by atoms with E-state index in [-0.39, 0.29) is 0 Å². The van der Waals surface area contributed by atoms with Crippen molar-refractivity contribution < 1.29 is 0 Å². The van der Waals surface area contributed by atoms with Gasteiger partial charge in [-0.25, -0.2) is 0 Å². The fourth-order valence-corrected chi connectivity index (χ4v) is 2.34. The van der Waals surface area contributed by atoms with Gasteiger partial charge in [0.05, 0.1) is 0 Å². The molecule has 1 unspecified atom stereocenters. The highest BCUT2D eigenvalue weighted by molar-refractivity contribution is 6.35. The fraction of sp³-hybridized carbons (Fsp3) is 0.538. The zero-order valence-corrected chi connectivity index (χ0v) is 12.1. The van der Waals surface area contributed by atoms with Crippen molar-refractivity contribution in [2.45, 2.75) is 19.4 Å². The number of nitrogens with one attached hydrogen (secondary N) is 1. The Balaban J connectivity index is 2.64. The minimum Gasteiger partial charge on any atom is -0.320 e. The Kier molecular flexibility index (Phi) is 6.28. The maximum Gasteiger partial charge on any atom is 0.0468 e. The molecule has 0 aromatic heterocycles. The minimum absolute atomic E-state index is 0.302. The third-order valence-electron chi connectivity index (χ3n) is 3.01. The molecule has 0 saturated heterocycles. The summed E-state index contributed by atoms with van der Waals surface area (Å²) in [5.41, 5.74) is 1.13. The molecule has 0 aliphatic rings. The molecule has 96 valence electrons. The summed E-state index contributed by atoms with van der Waals surface area (Å²) in [6.07, 6.45) is 1.13. The molecule has 1 aromatic rings. The van der Waals surface area contributed by atoms with E-state index in [2.05, 4.69) is 24.2 Å². The van der Waals surface area contributed by atoms with E-state index in [1.165, 1.54) is 0 Å². The second kappa shape index (κ2) is 7.22. The largest absolute Gasteiger partial charge is 0.320 e. The van der Waals surface area contributed by atoms with Crippen LogP contribution in [0, 0.1) is 0 Å². The number of halogens is 2. The van der Waals surface area contributed by atoms with Gasteiger partial charge in [-0.05, 0) is 58.2 Å². The SMILES string of the molecule is CNCCCN(C)C(C)c1ccc(Cl)cc1Cl. The average Bonchev–Trinajstić information content (AvgIpc) is 2.28. The number of benzene rings is 1. The topological polar surface area (TPSA) is 15.3 Å². The van der Waals surface area contributed by atoms with Gasteiger partial charge in [-0.15, -0.1) is 0 Å². The molecule has 1 atom stereocenters. The van der Waals surface area contributed by atoms with Gasteiger partial charge in [-0.3, -0.25) is 4.90 Å². The highest BCUT2D eigenvalue weighted by atomic mass is 35.5. The summed E-state index contributed by atoms with van der Waals surface area (Å²) in [6, 6.07) is 6.00. The number of rotatable bonds is 6. The summed E-state index contributed by atoms with van der Waals surface area (Å²) in [5, 5.41) is 4.58. The summed E-state index contributed by atoms with van der Waals surface area (Å²) in [7, 11) is 4.09. The minimum atomic E-state index is 0.302. The van der Waals surface area contributed by atoms with E-state index in [4.69, 9.17) is 23.2 Å². The van der Waals surface area contributed by atoms with Crippen molar-refractivity contribution in [3.63, 3.8) is 0 Å². The van der Waals surface area contributed by atoms with Gasteiger partial charge in [0.1, 0.15) is 0 Å². The zero-order chi connectivity index (χ0) is 12.8. The average molecular weight is 275 g/mol. The lowest BCUT2D eigenvalue weighted by Crippen LogP contribution is -2.26. The van der Waals surface area contributed by atoms with Crippen LogP contribution in [0.4, 0.5) is 0 Å². The Morgan fingerprint density at radius 3 is 2.65 bits per heavy atom. The van der Waals surface area contributed by atoms with Gasteiger partial charge in [0, 0.05) is 16.1 Å². The van der Waals surface area contributed by atoms with Crippen LogP contribution in [0.2, 0.25) is 10.0 Å². The molecular weight excluding hydrogens is 255 g/mol. The van der Waals surface area contributed by atoms with Gasteiger partial charge < -0.3 is 5.32 Å². The van der Waals surface area contributed by atoms with Crippen molar-refractivity contribution in [3.8, 4) is 0 Å². The molecule has 0 aliphatic carbocycles. The molecule has 1 N–H and O–H groups in total. The van der Waals surface area contributed by atoms with E-state index in [0.717, 1.165) is 30.1 Å². The van der Waals surface area contributed by atoms with E-state index in [0.29, 0.717) is 11.1 Å². The fourth-order valence-electron chi connectivity index (χ4n) is 1.78. The lowest BCUT2D eigenvalue weighted by atomic mass is 10.1. The van der Waals surface area contributed by atoms with Gasteiger partial charge in [-0.2, -0.15) is 0 Å². The second-order valence-electron chi connectivity index (χ2n) is 4.28. The van der Waals surface area contributed by atoms with Gasteiger partial charge in [0.2, 0.25) is 0 Å². The van der Waals surface area contributed by atoms with Crippen LogP contribution in [0.25, 0.3) is 0 Å². The highest BCUT2D eigenvalue weighted by Crippen LogP contribution is 2.28. The lowest BCUT2D eigenvalue weighted by molar-refractivity contribution is 0.258. The van der Waals surface area contributed by atoms with Gasteiger partial charge in [0.15, 0.2) is 0 Å². The van der Waals surface area contributed by atoms with Crippen LogP contribution in [0.15, 0.2) is 18.2 Å². The summed E-state index contributed by atoms with van der Waals surface area (Å²) >= 11 is 12.1. The van der Waals surface area contributed by atoms with Crippen molar-refractivity contribution in [1.29, 1.82) is 0 Å². The maximum absolute atomic E-state index is 6.21. The van der Waals surface area contributed by atoms with Gasteiger partial charge in [-0.1, -0.05) is 29.3 Å². The molecule has 1 rings (SSSR count). The highest BCUT2D eigenvalue weighted by Gasteiger charge is 2.14. The molecule has 0 spiro atoms. The summed E-state index contributed by atoms with van der Waals surface area (Å²) < 4.78 is 0. The first-order valence-corrected chi connectivity index (χ1v) is 6.61. The lowest BCUT2D eigenvalue weighted by Gasteiger charge is -2.25. The van der Waals surface area contributed by atoms with Crippen LogP contribution >= 0.6 is 23.2 Å². The first-order valence-electron chi connectivity index (χ1n) is 5.86. The molecule has 0 fully saturated rings. The molecule has 4 heteroatoms. The van der Waals surface area contributed by atoms with Crippen LogP contribution < -0.4 is 5.32 Å². The predicted octanol–water partition coefficient (Wildman–Crippen LogP) is 3.60. The molecule has 0 saturated carbocycles. The summed E-state index contributed by atoms with van der Waals surface area (Å²) in [4.78, 5) is 2.30. The molecule has 0 radical (unpaired) electrons. The van der Waals surface area contributed by atoms with E-state index in [1.54, 1.807) is 6.07 Å². The number of hydrogen-bond donors (Lipinski definition) is 1. The molecule has 0 heterocycles. The Morgan fingerprint density at radius 2 is 2.06 bits per heavy atom. The molecule has 0 bridgehead atoms. The van der Waals surface area contributed by atoms with Crippen molar-refractivity contribution >= 4 is 23.2 Å². The zero-order valence-electron chi connectivity index (χ0n) is 10.6. The molecule has 0 amide bonds. The first-order chi connectivity index (χ1) is 8.06. The smallest absolute Gasteiger partial charge is 0.0468 e.